The van der Waals surface area contributed by atoms with E-state index in [1.165, 1.54) is 24.4 Å². The van der Waals surface area contributed by atoms with E-state index in [0.29, 0.717) is 4.88 Å². The first-order valence-corrected chi connectivity index (χ1v) is 8.58. The van der Waals surface area contributed by atoms with Gasteiger partial charge in [0.1, 0.15) is 11.5 Å². The van der Waals surface area contributed by atoms with E-state index in [4.69, 9.17) is 11.6 Å². The monoisotopic (exact) mass is 434 g/mol. The lowest BCUT2D eigenvalue weighted by Crippen LogP contribution is -2.35. The molecular weight excluding hydrogens is 424 g/mol. The summed E-state index contributed by atoms with van der Waals surface area (Å²) < 4.78 is 50.4. The van der Waals surface area contributed by atoms with E-state index < -0.39 is 35.3 Å². The molecule has 1 aromatic heterocycles. The van der Waals surface area contributed by atoms with Gasteiger partial charge in [-0.3, -0.25) is 14.4 Å². The number of allylic oxidation sites excluding steroid dienone is 1. The molecular formula is C17H11ClF4N2O3S. The minimum atomic E-state index is -4.89. The fourth-order valence-electron chi connectivity index (χ4n) is 1.97. The van der Waals surface area contributed by atoms with E-state index >= 15 is 0 Å². The molecule has 2 aromatic rings. The van der Waals surface area contributed by atoms with Gasteiger partial charge in [-0.1, -0.05) is 18.2 Å². The fraction of sp³-hybridized carbons (Fsp3) is 0.118. The SMILES string of the molecule is C=C(NC(=O)C(=O)c1cc(C(=O)Nc2ccc(F)c(Cl)c2)c(C)s1)C(F)(F)F. The van der Waals surface area contributed by atoms with Gasteiger partial charge in [0.2, 0.25) is 0 Å². The summed E-state index contributed by atoms with van der Waals surface area (Å²) in [5.41, 5.74) is -1.37. The van der Waals surface area contributed by atoms with Crippen molar-refractivity contribution < 1.29 is 31.9 Å². The van der Waals surface area contributed by atoms with E-state index in [2.05, 4.69) is 11.9 Å². The largest absolute Gasteiger partial charge is 0.430 e. The highest BCUT2D eigenvalue weighted by molar-refractivity contribution is 7.15. The van der Waals surface area contributed by atoms with Gasteiger partial charge in [0, 0.05) is 10.6 Å². The summed E-state index contributed by atoms with van der Waals surface area (Å²) in [7, 11) is 0. The average molecular weight is 435 g/mol. The molecule has 0 unspecified atom stereocenters. The van der Waals surface area contributed by atoms with Gasteiger partial charge in [-0.15, -0.1) is 11.3 Å². The van der Waals surface area contributed by atoms with Gasteiger partial charge in [-0.2, -0.15) is 13.2 Å². The number of amides is 2. The van der Waals surface area contributed by atoms with Gasteiger partial charge in [0.15, 0.2) is 0 Å². The van der Waals surface area contributed by atoms with Crippen molar-refractivity contribution in [3.8, 4) is 0 Å². The van der Waals surface area contributed by atoms with E-state index in [1.54, 1.807) is 0 Å². The average Bonchev–Trinajstić information content (AvgIpc) is 2.98. The van der Waals surface area contributed by atoms with Gasteiger partial charge < -0.3 is 10.6 Å². The first kappa shape index (κ1) is 21.6. The van der Waals surface area contributed by atoms with Crippen LogP contribution >= 0.6 is 22.9 Å². The third-order valence-electron chi connectivity index (χ3n) is 3.38. The lowest BCUT2D eigenvalue weighted by Gasteiger charge is -2.10. The van der Waals surface area contributed by atoms with Crippen molar-refractivity contribution in [1.29, 1.82) is 0 Å². The first-order chi connectivity index (χ1) is 12.9. The molecule has 2 rings (SSSR count). The summed E-state index contributed by atoms with van der Waals surface area (Å²) >= 11 is 6.39. The normalized spacial score (nSPS) is 11.1. The molecule has 2 N–H and O–H groups in total. The number of rotatable bonds is 5. The van der Waals surface area contributed by atoms with E-state index in [0.717, 1.165) is 23.5 Å². The van der Waals surface area contributed by atoms with Crippen LogP contribution in [0.3, 0.4) is 0 Å². The van der Waals surface area contributed by atoms with E-state index in [1.807, 2.05) is 0 Å². The third kappa shape index (κ3) is 4.96. The molecule has 0 saturated carbocycles. The minimum absolute atomic E-state index is 0.0243. The lowest BCUT2D eigenvalue weighted by atomic mass is 10.2. The number of alkyl halides is 3. The molecule has 0 aliphatic carbocycles. The maximum atomic E-state index is 13.2. The maximum absolute atomic E-state index is 13.2. The summed E-state index contributed by atoms with van der Waals surface area (Å²) in [4.78, 5) is 36.2. The Hall–Kier alpha value is -2.72. The van der Waals surface area contributed by atoms with Gasteiger partial charge in [-0.25, -0.2) is 4.39 Å². The molecule has 148 valence electrons. The molecule has 2 amide bonds. The quantitative estimate of drug-likeness (QED) is 0.414. The summed E-state index contributed by atoms with van der Waals surface area (Å²) in [6.07, 6.45) is -4.89. The molecule has 0 aliphatic heterocycles. The minimum Gasteiger partial charge on any atom is -0.322 e. The smallest absolute Gasteiger partial charge is 0.322 e. The number of carbonyl (C=O) groups excluding carboxylic acids is 3. The molecule has 0 spiro atoms. The Kier molecular flexibility index (Phi) is 6.25. The Labute approximate surface area is 165 Å². The molecule has 28 heavy (non-hydrogen) atoms. The zero-order valence-corrected chi connectivity index (χ0v) is 15.6. The number of ketones is 1. The predicted octanol–water partition coefficient (Wildman–Crippen LogP) is 4.48. The Balaban J connectivity index is 2.16. The van der Waals surface area contributed by atoms with Crippen LogP contribution in [-0.2, 0) is 4.79 Å². The van der Waals surface area contributed by atoms with Crippen LogP contribution in [0.4, 0.5) is 23.2 Å². The second-order valence-corrected chi connectivity index (χ2v) is 7.09. The lowest BCUT2D eigenvalue weighted by molar-refractivity contribution is -0.122. The van der Waals surface area contributed by atoms with Crippen molar-refractivity contribution in [1.82, 2.24) is 5.32 Å². The van der Waals surface area contributed by atoms with Crippen molar-refractivity contribution >= 4 is 46.2 Å². The number of halogens is 5. The molecule has 11 heteroatoms. The van der Waals surface area contributed by atoms with Gasteiger partial charge >= 0.3 is 6.18 Å². The fourth-order valence-corrected chi connectivity index (χ4v) is 3.10. The van der Waals surface area contributed by atoms with E-state index in [9.17, 15) is 31.9 Å². The van der Waals surface area contributed by atoms with Crippen molar-refractivity contribution in [2.75, 3.05) is 5.32 Å². The number of benzene rings is 1. The Morgan fingerprint density at radius 2 is 1.82 bits per heavy atom. The van der Waals surface area contributed by atoms with Crippen LogP contribution in [0.5, 0.6) is 0 Å². The van der Waals surface area contributed by atoms with Crippen LogP contribution in [0, 0.1) is 12.7 Å². The van der Waals surface area contributed by atoms with Crippen LogP contribution in [0.15, 0.2) is 36.5 Å². The van der Waals surface area contributed by atoms with Gasteiger partial charge in [0.05, 0.1) is 15.5 Å². The van der Waals surface area contributed by atoms with Crippen LogP contribution in [0.25, 0.3) is 0 Å². The summed E-state index contributed by atoms with van der Waals surface area (Å²) in [6, 6.07) is 4.58. The summed E-state index contributed by atoms with van der Waals surface area (Å²) in [5, 5.41) is 3.61. The zero-order valence-electron chi connectivity index (χ0n) is 14.0. The Morgan fingerprint density at radius 3 is 2.39 bits per heavy atom. The van der Waals surface area contributed by atoms with Crippen molar-refractivity contribution in [3.63, 3.8) is 0 Å². The van der Waals surface area contributed by atoms with E-state index in [-0.39, 0.29) is 21.2 Å². The topological polar surface area (TPSA) is 75.3 Å². The number of hydrogen-bond acceptors (Lipinski definition) is 4. The Bertz CT molecular complexity index is 985. The van der Waals surface area contributed by atoms with Crippen LogP contribution in [0.1, 0.15) is 24.9 Å². The number of nitrogens with one attached hydrogen (secondary N) is 2. The maximum Gasteiger partial charge on any atom is 0.430 e. The predicted molar refractivity (Wildman–Crippen MR) is 96.1 cm³/mol. The highest BCUT2D eigenvalue weighted by Gasteiger charge is 2.35. The molecule has 1 heterocycles. The molecule has 0 saturated heterocycles. The van der Waals surface area contributed by atoms with Gasteiger partial charge in [-0.05, 0) is 31.2 Å². The molecule has 0 fully saturated rings. The second-order valence-electron chi connectivity index (χ2n) is 5.42. The van der Waals surface area contributed by atoms with Crippen LogP contribution in [0.2, 0.25) is 5.02 Å². The number of anilines is 1. The van der Waals surface area contributed by atoms with Crippen molar-refractivity contribution in [2.45, 2.75) is 13.1 Å². The zero-order chi connectivity index (χ0) is 21.2. The Morgan fingerprint density at radius 1 is 1.18 bits per heavy atom. The number of aryl methyl sites for hydroxylation is 1. The van der Waals surface area contributed by atoms with Crippen LogP contribution < -0.4 is 10.6 Å². The molecule has 0 bridgehead atoms. The van der Waals surface area contributed by atoms with Crippen molar-refractivity contribution in [3.05, 3.63) is 62.7 Å². The number of Topliss-reactive ketones (excluding diaryl/α,β-unsaturated/α-hetero) is 1. The van der Waals surface area contributed by atoms with Crippen molar-refractivity contribution in [2.24, 2.45) is 0 Å². The molecule has 0 radical (unpaired) electrons. The first-order valence-electron chi connectivity index (χ1n) is 7.38. The molecule has 0 aliphatic rings. The molecule has 0 atom stereocenters. The number of hydrogen-bond donors (Lipinski definition) is 2. The highest BCUT2D eigenvalue weighted by Crippen LogP contribution is 2.26. The second kappa shape index (κ2) is 8.11. The summed E-state index contributed by atoms with van der Waals surface area (Å²) in [6.45, 7) is 4.13. The van der Waals surface area contributed by atoms with Crippen LogP contribution in [-0.4, -0.2) is 23.8 Å². The number of carbonyl (C=O) groups is 3. The molecule has 5 nitrogen and oxygen atoms in total. The third-order valence-corrected chi connectivity index (χ3v) is 4.72. The van der Waals surface area contributed by atoms with Gasteiger partial charge in [0.25, 0.3) is 17.6 Å². The summed E-state index contributed by atoms with van der Waals surface area (Å²) in [5.74, 6) is -4.12. The standard InChI is InChI=1S/C17H11ClF4N2O3S/c1-7-10(15(26)24-9-3-4-12(19)11(18)5-9)6-13(28-7)14(25)16(27)23-8(2)17(20,21)22/h3-6H,2H2,1H3,(H,23,27)(H,24,26). The highest BCUT2D eigenvalue weighted by atomic mass is 35.5. The number of thiophene rings is 1. The molecule has 1 aromatic carbocycles.